The Morgan fingerprint density at radius 3 is 2.31 bits per heavy atom. The number of carbonyl (C=O) groups is 1. The number of hydroxylamine groups is 2. The average Bonchev–Trinajstić information content (AvgIpc) is 1.93. The standard InChI is InChI=1S/C6H13NO2.C2H4O2/c1-8-5-6-9-7-3-2-4-7;1-2(3)4/h2-6H2,1H3;1H3,(H,3,4). The van der Waals surface area contributed by atoms with Crippen molar-refractivity contribution in [1.29, 1.82) is 0 Å². The Hall–Kier alpha value is -0.650. The predicted molar refractivity (Wildman–Crippen MR) is 47.3 cm³/mol. The van der Waals surface area contributed by atoms with Crippen molar-refractivity contribution in [2.24, 2.45) is 0 Å². The van der Waals surface area contributed by atoms with E-state index in [2.05, 4.69) is 0 Å². The molecule has 0 amide bonds. The number of hydrogen-bond acceptors (Lipinski definition) is 4. The van der Waals surface area contributed by atoms with E-state index in [0.717, 1.165) is 20.0 Å². The molecule has 0 spiro atoms. The topological polar surface area (TPSA) is 59.0 Å². The second kappa shape index (κ2) is 7.97. The molecule has 0 aromatic heterocycles. The third kappa shape index (κ3) is 9.26. The Morgan fingerprint density at radius 1 is 1.46 bits per heavy atom. The molecule has 1 heterocycles. The summed E-state index contributed by atoms with van der Waals surface area (Å²) < 4.78 is 4.81. The minimum absolute atomic E-state index is 0.691. The van der Waals surface area contributed by atoms with Gasteiger partial charge in [0.05, 0.1) is 13.2 Å². The highest BCUT2D eigenvalue weighted by Crippen LogP contribution is 2.04. The summed E-state index contributed by atoms with van der Waals surface area (Å²) in [6.45, 7) is 4.64. The van der Waals surface area contributed by atoms with Crippen molar-refractivity contribution in [3.05, 3.63) is 0 Å². The van der Waals surface area contributed by atoms with Crippen LogP contribution in [0.5, 0.6) is 0 Å². The highest BCUT2D eigenvalue weighted by atomic mass is 16.7. The lowest BCUT2D eigenvalue weighted by atomic mass is 10.3. The number of hydrogen-bond donors (Lipinski definition) is 1. The van der Waals surface area contributed by atoms with Crippen molar-refractivity contribution in [2.45, 2.75) is 13.3 Å². The van der Waals surface area contributed by atoms with Crippen molar-refractivity contribution in [1.82, 2.24) is 5.06 Å². The van der Waals surface area contributed by atoms with Crippen molar-refractivity contribution >= 4 is 5.97 Å². The van der Waals surface area contributed by atoms with E-state index in [1.165, 1.54) is 6.42 Å². The van der Waals surface area contributed by atoms with Gasteiger partial charge in [-0.1, -0.05) is 0 Å². The highest BCUT2D eigenvalue weighted by molar-refractivity contribution is 5.62. The minimum Gasteiger partial charge on any atom is -0.481 e. The third-order valence-electron chi connectivity index (χ3n) is 1.38. The first-order valence-corrected chi connectivity index (χ1v) is 4.23. The van der Waals surface area contributed by atoms with Crippen molar-refractivity contribution in [3.63, 3.8) is 0 Å². The van der Waals surface area contributed by atoms with Gasteiger partial charge >= 0.3 is 0 Å². The summed E-state index contributed by atoms with van der Waals surface area (Å²) in [6.07, 6.45) is 1.27. The first kappa shape index (κ1) is 12.3. The largest absolute Gasteiger partial charge is 0.481 e. The maximum atomic E-state index is 9.00. The van der Waals surface area contributed by atoms with E-state index in [-0.39, 0.29) is 0 Å². The molecule has 1 aliphatic rings. The molecule has 0 radical (unpaired) electrons. The van der Waals surface area contributed by atoms with E-state index in [1.54, 1.807) is 7.11 Å². The van der Waals surface area contributed by atoms with Crippen LogP contribution < -0.4 is 0 Å². The summed E-state index contributed by atoms with van der Waals surface area (Å²) >= 11 is 0. The lowest BCUT2D eigenvalue weighted by Crippen LogP contribution is -2.37. The fraction of sp³-hybridized carbons (Fsp3) is 0.875. The Bertz CT molecular complexity index is 132. The molecular formula is C8H17NO4. The van der Waals surface area contributed by atoms with Crippen LogP contribution in [0.4, 0.5) is 0 Å². The zero-order chi connectivity index (χ0) is 10.1. The molecule has 0 atom stereocenters. The average molecular weight is 191 g/mol. The van der Waals surface area contributed by atoms with Gasteiger partial charge in [-0.3, -0.25) is 9.63 Å². The Kier molecular flexibility index (Phi) is 7.57. The van der Waals surface area contributed by atoms with Crippen LogP contribution in [0.25, 0.3) is 0 Å². The van der Waals surface area contributed by atoms with E-state index in [9.17, 15) is 0 Å². The molecule has 13 heavy (non-hydrogen) atoms. The second-order valence-electron chi connectivity index (χ2n) is 2.63. The second-order valence-corrected chi connectivity index (χ2v) is 2.63. The van der Waals surface area contributed by atoms with Crippen LogP contribution in [0.3, 0.4) is 0 Å². The van der Waals surface area contributed by atoms with Crippen LogP contribution in [-0.4, -0.2) is 49.6 Å². The molecule has 78 valence electrons. The Morgan fingerprint density at radius 2 is 2.00 bits per heavy atom. The van der Waals surface area contributed by atoms with Crippen molar-refractivity contribution in [2.75, 3.05) is 33.4 Å². The van der Waals surface area contributed by atoms with Gasteiger partial charge in [-0.25, -0.2) is 0 Å². The number of nitrogens with zero attached hydrogens (tertiary/aromatic N) is 1. The normalized spacial score (nSPS) is 15.5. The zero-order valence-corrected chi connectivity index (χ0v) is 8.15. The van der Waals surface area contributed by atoms with E-state index in [1.807, 2.05) is 5.06 Å². The van der Waals surface area contributed by atoms with E-state index in [0.29, 0.717) is 13.2 Å². The van der Waals surface area contributed by atoms with Gasteiger partial charge in [-0.05, 0) is 6.42 Å². The summed E-state index contributed by atoms with van der Waals surface area (Å²) in [7, 11) is 1.68. The number of methoxy groups -OCH3 is 1. The predicted octanol–water partition coefficient (Wildman–Crippen LogP) is 0.361. The smallest absolute Gasteiger partial charge is 0.300 e. The number of rotatable bonds is 4. The maximum Gasteiger partial charge on any atom is 0.300 e. The highest BCUT2D eigenvalue weighted by Gasteiger charge is 2.12. The monoisotopic (exact) mass is 191 g/mol. The van der Waals surface area contributed by atoms with E-state index >= 15 is 0 Å². The molecule has 1 N–H and O–H groups in total. The van der Waals surface area contributed by atoms with Crippen LogP contribution in [0.15, 0.2) is 0 Å². The minimum atomic E-state index is -0.833. The summed E-state index contributed by atoms with van der Waals surface area (Å²) in [5.41, 5.74) is 0. The number of aliphatic carboxylic acids is 1. The first-order valence-electron chi connectivity index (χ1n) is 4.23. The van der Waals surface area contributed by atoms with Gasteiger partial charge in [-0.15, -0.1) is 0 Å². The van der Waals surface area contributed by atoms with Crippen LogP contribution in [0.1, 0.15) is 13.3 Å². The number of carboxylic acid groups (broad SMARTS) is 1. The van der Waals surface area contributed by atoms with Gasteiger partial charge in [0.2, 0.25) is 0 Å². The lowest BCUT2D eigenvalue weighted by molar-refractivity contribution is -0.202. The van der Waals surface area contributed by atoms with Crippen LogP contribution in [0.2, 0.25) is 0 Å². The molecule has 1 saturated heterocycles. The van der Waals surface area contributed by atoms with E-state index < -0.39 is 5.97 Å². The Balaban J connectivity index is 0.000000310. The third-order valence-corrected chi connectivity index (χ3v) is 1.38. The molecule has 1 fully saturated rings. The molecule has 0 unspecified atom stereocenters. The van der Waals surface area contributed by atoms with Crippen LogP contribution in [0, 0.1) is 0 Å². The maximum absolute atomic E-state index is 9.00. The Labute approximate surface area is 78.2 Å². The molecule has 1 aliphatic heterocycles. The van der Waals surface area contributed by atoms with Gasteiger partial charge in [-0.2, -0.15) is 5.06 Å². The number of carboxylic acids is 1. The van der Waals surface area contributed by atoms with Gasteiger partial charge in [0.25, 0.3) is 5.97 Å². The molecule has 5 nitrogen and oxygen atoms in total. The fourth-order valence-electron chi connectivity index (χ4n) is 0.666. The van der Waals surface area contributed by atoms with Crippen LogP contribution >= 0.6 is 0 Å². The molecule has 5 heteroatoms. The molecule has 0 aliphatic carbocycles. The molecule has 0 aromatic rings. The van der Waals surface area contributed by atoms with Gasteiger partial charge in [0, 0.05) is 27.1 Å². The quantitative estimate of drug-likeness (QED) is 0.650. The number of ether oxygens (including phenoxy) is 1. The fourth-order valence-corrected chi connectivity index (χ4v) is 0.666. The summed E-state index contributed by atoms with van der Waals surface area (Å²) in [5.74, 6) is -0.833. The molecule has 1 rings (SSSR count). The molecular weight excluding hydrogens is 174 g/mol. The van der Waals surface area contributed by atoms with Crippen molar-refractivity contribution in [3.8, 4) is 0 Å². The summed E-state index contributed by atoms with van der Waals surface area (Å²) in [5, 5.41) is 9.37. The van der Waals surface area contributed by atoms with Crippen LogP contribution in [-0.2, 0) is 14.4 Å². The summed E-state index contributed by atoms with van der Waals surface area (Å²) in [6, 6.07) is 0. The molecule has 0 bridgehead atoms. The van der Waals surface area contributed by atoms with E-state index in [4.69, 9.17) is 19.5 Å². The van der Waals surface area contributed by atoms with Gasteiger partial charge in [0.1, 0.15) is 0 Å². The lowest BCUT2D eigenvalue weighted by Gasteiger charge is -2.29. The first-order chi connectivity index (χ1) is 6.16. The SMILES string of the molecule is CC(=O)O.COCCON1CCC1. The molecule has 0 aromatic carbocycles. The van der Waals surface area contributed by atoms with Crippen molar-refractivity contribution < 1.29 is 19.5 Å². The summed E-state index contributed by atoms with van der Waals surface area (Å²) in [4.78, 5) is 14.2. The molecule has 0 saturated carbocycles. The van der Waals surface area contributed by atoms with Gasteiger partial charge < -0.3 is 9.84 Å². The van der Waals surface area contributed by atoms with Gasteiger partial charge in [0.15, 0.2) is 0 Å². The zero-order valence-electron chi connectivity index (χ0n) is 8.15.